The number of ketones is 1. The van der Waals surface area contributed by atoms with E-state index < -0.39 is 5.82 Å². The van der Waals surface area contributed by atoms with Gasteiger partial charge in [0.2, 0.25) is 0 Å². The molecule has 2 heterocycles. The van der Waals surface area contributed by atoms with E-state index in [9.17, 15) is 9.18 Å². The average molecular weight is 289 g/mol. The topological polar surface area (TPSA) is 39.2 Å². The highest BCUT2D eigenvalue weighted by Gasteiger charge is 2.22. The lowest BCUT2D eigenvalue weighted by Crippen LogP contribution is -2.02. The molecule has 5 heteroatoms. The summed E-state index contributed by atoms with van der Waals surface area (Å²) in [6.45, 7) is 2.31. The molecule has 1 aliphatic heterocycles. The fourth-order valence-electron chi connectivity index (χ4n) is 2.11. The van der Waals surface area contributed by atoms with Crippen molar-refractivity contribution in [3.8, 4) is 5.75 Å². The van der Waals surface area contributed by atoms with E-state index in [2.05, 4.69) is 4.98 Å². The minimum absolute atomic E-state index is 0.176. The Morgan fingerprint density at radius 3 is 3.05 bits per heavy atom. The van der Waals surface area contributed by atoms with Crippen molar-refractivity contribution < 1.29 is 13.9 Å². The number of hydrogen-bond donors (Lipinski definition) is 0. The van der Waals surface area contributed by atoms with Gasteiger partial charge in [-0.1, -0.05) is 0 Å². The monoisotopic (exact) mass is 289 g/mol. The van der Waals surface area contributed by atoms with Crippen LogP contribution < -0.4 is 4.74 Å². The zero-order valence-electron chi connectivity index (χ0n) is 10.9. The molecule has 0 amide bonds. The predicted molar refractivity (Wildman–Crippen MR) is 75.7 cm³/mol. The van der Waals surface area contributed by atoms with Crippen molar-refractivity contribution in [3.05, 3.63) is 51.2 Å². The molecule has 0 unspecified atom stereocenters. The molecule has 0 bridgehead atoms. The van der Waals surface area contributed by atoms with Crippen molar-refractivity contribution in [2.75, 3.05) is 6.61 Å². The molecule has 20 heavy (non-hydrogen) atoms. The van der Waals surface area contributed by atoms with Crippen LogP contribution in [0.2, 0.25) is 0 Å². The number of carbonyl (C=O) groups is 1. The van der Waals surface area contributed by atoms with Crippen molar-refractivity contribution >= 4 is 23.2 Å². The molecule has 0 atom stereocenters. The Kier molecular flexibility index (Phi) is 3.36. The van der Waals surface area contributed by atoms with Crippen molar-refractivity contribution in [2.45, 2.75) is 13.3 Å². The molecule has 0 spiro atoms. The first kappa shape index (κ1) is 13.0. The summed E-state index contributed by atoms with van der Waals surface area (Å²) in [6.07, 6.45) is 2.34. The molecule has 1 aromatic heterocycles. The molecule has 102 valence electrons. The van der Waals surface area contributed by atoms with E-state index in [1.54, 1.807) is 5.51 Å². The van der Waals surface area contributed by atoms with Crippen LogP contribution in [0.25, 0.3) is 6.08 Å². The molecule has 0 fully saturated rings. The third-order valence-corrected chi connectivity index (χ3v) is 4.07. The van der Waals surface area contributed by atoms with Crippen LogP contribution in [0.3, 0.4) is 0 Å². The highest BCUT2D eigenvalue weighted by atomic mass is 32.1. The summed E-state index contributed by atoms with van der Waals surface area (Å²) in [5, 5.41) is 0. The van der Waals surface area contributed by atoms with Crippen molar-refractivity contribution in [1.29, 1.82) is 0 Å². The van der Waals surface area contributed by atoms with Crippen LogP contribution in [0.5, 0.6) is 5.75 Å². The summed E-state index contributed by atoms with van der Waals surface area (Å²) in [5.74, 6) is -0.165. The number of ether oxygens (including phenoxy) is 1. The Bertz CT molecular complexity index is 706. The molecular weight excluding hydrogens is 277 g/mol. The minimum atomic E-state index is -0.434. The zero-order valence-corrected chi connectivity index (χ0v) is 11.7. The molecule has 0 saturated carbocycles. The van der Waals surface area contributed by atoms with E-state index in [1.165, 1.54) is 29.5 Å². The normalized spacial score (nSPS) is 16.7. The lowest BCUT2D eigenvalue weighted by atomic mass is 10.0. The van der Waals surface area contributed by atoms with Crippen LogP contribution in [-0.2, 0) is 0 Å². The second-order valence-electron chi connectivity index (χ2n) is 4.54. The second kappa shape index (κ2) is 5.17. The van der Waals surface area contributed by atoms with E-state index >= 15 is 0 Å². The number of benzene rings is 1. The van der Waals surface area contributed by atoms with Crippen LogP contribution in [-0.4, -0.2) is 17.4 Å². The molecule has 0 saturated heterocycles. The molecular formula is C15H12FNO2S. The number of Topliss-reactive ketones (excluding diaryl/α,β-unsaturated/α-hetero) is 1. The summed E-state index contributed by atoms with van der Waals surface area (Å²) >= 11 is 1.48. The van der Waals surface area contributed by atoms with Crippen LogP contribution in [0.15, 0.2) is 29.3 Å². The number of rotatable bonds is 1. The molecule has 0 radical (unpaired) electrons. The summed E-state index contributed by atoms with van der Waals surface area (Å²) < 4.78 is 18.8. The Morgan fingerprint density at radius 2 is 2.30 bits per heavy atom. The first-order valence-corrected chi connectivity index (χ1v) is 7.11. The van der Waals surface area contributed by atoms with Gasteiger partial charge in [-0.05, 0) is 31.2 Å². The molecule has 2 aromatic rings. The van der Waals surface area contributed by atoms with Crippen molar-refractivity contribution in [1.82, 2.24) is 4.98 Å². The zero-order chi connectivity index (χ0) is 14.1. The SMILES string of the molecule is Cc1ncsc1C=C1CCOc2ccc(F)cc2C1=O. The van der Waals surface area contributed by atoms with E-state index in [0.29, 0.717) is 24.4 Å². The first-order valence-electron chi connectivity index (χ1n) is 6.23. The lowest BCUT2D eigenvalue weighted by Gasteiger charge is -2.04. The van der Waals surface area contributed by atoms with Crippen LogP contribution >= 0.6 is 11.3 Å². The van der Waals surface area contributed by atoms with Crippen LogP contribution in [0, 0.1) is 12.7 Å². The van der Waals surface area contributed by atoms with Gasteiger partial charge in [0.15, 0.2) is 5.78 Å². The van der Waals surface area contributed by atoms with E-state index in [-0.39, 0.29) is 11.3 Å². The Hall–Kier alpha value is -2.01. The second-order valence-corrected chi connectivity index (χ2v) is 5.43. The number of aromatic nitrogens is 1. The van der Waals surface area contributed by atoms with Gasteiger partial charge in [0.1, 0.15) is 11.6 Å². The van der Waals surface area contributed by atoms with Crippen molar-refractivity contribution in [3.63, 3.8) is 0 Å². The molecule has 0 aliphatic carbocycles. The maximum absolute atomic E-state index is 13.3. The maximum atomic E-state index is 13.3. The maximum Gasteiger partial charge on any atom is 0.193 e. The average Bonchev–Trinajstić information content (AvgIpc) is 2.76. The van der Waals surface area contributed by atoms with Gasteiger partial charge in [0, 0.05) is 12.0 Å². The Balaban J connectivity index is 2.05. The predicted octanol–water partition coefficient (Wildman–Crippen LogP) is 3.64. The fraction of sp³-hybridized carbons (Fsp3) is 0.200. The van der Waals surface area contributed by atoms with Gasteiger partial charge < -0.3 is 4.74 Å². The smallest absolute Gasteiger partial charge is 0.193 e. The highest BCUT2D eigenvalue weighted by Crippen LogP contribution is 2.29. The summed E-state index contributed by atoms with van der Waals surface area (Å²) in [6, 6.07) is 4.04. The third-order valence-electron chi connectivity index (χ3n) is 3.19. The molecule has 3 rings (SSSR count). The Labute approximate surface area is 119 Å². The van der Waals surface area contributed by atoms with Gasteiger partial charge in [-0.25, -0.2) is 9.37 Å². The number of aryl methyl sites for hydroxylation is 1. The largest absolute Gasteiger partial charge is 0.492 e. The Morgan fingerprint density at radius 1 is 1.45 bits per heavy atom. The molecule has 0 N–H and O–H groups in total. The van der Waals surface area contributed by atoms with Gasteiger partial charge in [0.05, 0.1) is 28.3 Å². The van der Waals surface area contributed by atoms with Gasteiger partial charge in [0.25, 0.3) is 0 Å². The van der Waals surface area contributed by atoms with Gasteiger partial charge in [-0.2, -0.15) is 0 Å². The summed E-state index contributed by atoms with van der Waals surface area (Å²) in [7, 11) is 0. The molecule has 3 nitrogen and oxygen atoms in total. The lowest BCUT2D eigenvalue weighted by molar-refractivity contribution is 0.103. The van der Waals surface area contributed by atoms with Crippen LogP contribution in [0.4, 0.5) is 4.39 Å². The van der Waals surface area contributed by atoms with E-state index in [1.807, 2.05) is 13.0 Å². The first-order chi connectivity index (χ1) is 9.65. The van der Waals surface area contributed by atoms with Crippen molar-refractivity contribution in [2.24, 2.45) is 0 Å². The summed E-state index contributed by atoms with van der Waals surface area (Å²) in [5.41, 5.74) is 3.55. The number of nitrogens with zero attached hydrogens (tertiary/aromatic N) is 1. The van der Waals surface area contributed by atoms with E-state index in [0.717, 1.165) is 10.6 Å². The minimum Gasteiger partial charge on any atom is -0.492 e. The van der Waals surface area contributed by atoms with Crippen LogP contribution in [0.1, 0.15) is 27.3 Å². The number of hydrogen-bond acceptors (Lipinski definition) is 4. The van der Waals surface area contributed by atoms with Gasteiger partial charge >= 0.3 is 0 Å². The molecule has 1 aliphatic rings. The number of halogens is 1. The highest BCUT2D eigenvalue weighted by molar-refractivity contribution is 7.10. The quantitative estimate of drug-likeness (QED) is 0.752. The summed E-state index contributed by atoms with van der Waals surface area (Å²) in [4.78, 5) is 17.6. The van der Waals surface area contributed by atoms with E-state index in [4.69, 9.17) is 4.74 Å². The van der Waals surface area contributed by atoms with Gasteiger partial charge in [-0.3, -0.25) is 4.79 Å². The molecule has 1 aromatic carbocycles. The van der Waals surface area contributed by atoms with Gasteiger partial charge in [-0.15, -0.1) is 11.3 Å². The number of thiazole rings is 1. The standard InChI is InChI=1S/C15H12FNO2S/c1-9-14(20-8-17-9)6-10-4-5-19-13-3-2-11(16)7-12(13)15(10)18/h2-3,6-8H,4-5H2,1H3. The third kappa shape index (κ3) is 2.36. The number of fused-ring (bicyclic) bond motifs is 1. The fourth-order valence-corrected chi connectivity index (χ4v) is 2.87. The number of carbonyl (C=O) groups excluding carboxylic acids is 1.